The molecule has 2 heteroatoms. The van der Waals surface area contributed by atoms with Crippen molar-refractivity contribution in [2.45, 2.75) is 51.7 Å². The Morgan fingerprint density at radius 2 is 0.882 bits per heavy atom. The van der Waals surface area contributed by atoms with Gasteiger partial charge in [-0.05, 0) is 49.9 Å². The van der Waals surface area contributed by atoms with Crippen LogP contribution in [0.25, 0.3) is 0 Å². The van der Waals surface area contributed by atoms with E-state index in [0.717, 1.165) is 11.5 Å². The molecule has 0 bridgehead atoms. The maximum Gasteiger partial charge on any atom is 0.131 e. The summed E-state index contributed by atoms with van der Waals surface area (Å²) in [6, 6.07) is 30.5. The molecule has 0 aromatic heterocycles. The van der Waals surface area contributed by atoms with Crippen molar-refractivity contribution in [1.29, 1.82) is 0 Å². The first-order valence-electron chi connectivity index (χ1n) is 12.2. The molecule has 0 aliphatic carbocycles. The zero-order valence-corrected chi connectivity index (χ0v) is 20.2. The SMILES string of the molecule is Cc1cc(C)c2c(c1)C1C(c3ccccc3)Oc3c(C)cc(C)cc3C1C(c1ccccc1)O2. The molecule has 2 aliphatic rings. The lowest BCUT2D eigenvalue weighted by molar-refractivity contribution is 0.0536. The molecule has 0 amide bonds. The minimum atomic E-state index is -0.0878. The van der Waals surface area contributed by atoms with Crippen LogP contribution in [-0.4, -0.2) is 0 Å². The second-order valence-electron chi connectivity index (χ2n) is 9.95. The van der Waals surface area contributed by atoms with Crippen LogP contribution in [0.15, 0.2) is 84.9 Å². The third kappa shape index (κ3) is 3.32. The summed E-state index contributed by atoms with van der Waals surface area (Å²) < 4.78 is 13.9. The summed E-state index contributed by atoms with van der Waals surface area (Å²) in [7, 11) is 0. The highest BCUT2D eigenvalue weighted by Crippen LogP contribution is 2.61. The minimum Gasteiger partial charge on any atom is -0.484 e. The van der Waals surface area contributed by atoms with E-state index in [0.29, 0.717) is 0 Å². The standard InChI is InChI=1S/C32H30O2/c1-19-15-21(3)29-25(17-19)27-28(32(33-29)24-13-9-6-10-14-24)26-18-20(2)16-22(4)30(26)34-31(27)23-11-7-5-8-12-23/h5-18,27-28,31-32H,1-4H3. The van der Waals surface area contributed by atoms with E-state index < -0.39 is 0 Å². The molecule has 4 aromatic carbocycles. The predicted molar refractivity (Wildman–Crippen MR) is 137 cm³/mol. The summed E-state index contributed by atoms with van der Waals surface area (Å²) in [6.45, 7) is 8.68. The fourth-order valence-electron chi connectivity index (χ4n) is 6.12. The molecule has 0 radical (unpaired) electrons. The number of hydrogen-bond acceptors (Lipinski definition) is 2. The van der Waals surface area contributed by atoms with E-state index in [4.69, 9.17) is 9.47 Å². The number of ether oxygens (including phenoxy) is 2. The fraction of sp³-hybridized carbons (Fsp3) is 0.250. The van der Waals surface area contributed by atoms with E-state index in [-0.39, 0.29) is 24.0 Å². The quantitative estimate of drug-likeness (QED) is 0.310. The average molecular weight is 447 g/mol. The molecule has 0 fully saturated rings. The van der Waals surface area contributed by atoms with Crippen molar-refractivity contribution in [2.75, 3.05) is 0 Å². The highest BCUT2D eigenvalue weighted by molar-refractivity contribution is 5.57. The third-order valence-electron chi connectivity index (χ3n) is 7.40. The molecule has 2 heterocycles. The van der Waals surface area contributed by atoms with Crippen LogP contribution in [-0.2, 0) is 0 Å². The van der Waals surface area contributed by atoms with Gasteiger partial charge in [0.2, 0.25) is 0 Å². The molecule has 2 nitrogen and oxygen atoms in total. The largest absolute Gasteiger partial charge is 0.484 e. The maximum absolute atomic E-state index is 6.94. The Morgan fingerprint density at radius 3 is 1.26 bits per heavy atom. The van der Waals surface area contributed by atoms with Crippen LogP contribution >= 0.6 is 0 Å². The maximum atomic E-state index is 6.94. The van der Waals surface area contributed by atoms with Crippen LogP contribution in [0.4, 0.5) is 0 Å². The topological polar surface area (TPSA) is 18.5 Å². The molecule has 0 saturated heterocycles. The van der Waals surface area contributed by atoms with Crippen molar-refractivity contribution in [3.05, 3.63) is 129 Å². The van der Waals surface area contributed by atoms with Crippen LogP contribution in [0, 0.1) is 27.7 Å². The Morgan fingerprint density at radius 1 is 0.500 bits per heavy atom. The second-order valence-corrected chi connectivity index (χ2v) is 9.95. The van der Waals surface area contributed by atoms with Crippen LogP contribution in [0.3, 0.4) is 0 Å². The van der Waals surface area contributed by atoms with Crippen LogP contribution in [0.1, 0.15) is 68.6 Å². The van der Waals surface area contributed by atoms with Crippen molar-refractivity contribution in [3.8, 4) is 11.5 Å². The molecule has 170 valence electrons. The Hall–Kier alpha value is -3.52. The summed E-state index contributed by atoms with van der Waals surface area (Å²) >= 11 is 0. The molecule has 0 saturated carbocycles. The highest BCUT2D eigenvalue weighted by Gasteiger charge is 2.49. The Bertz CT molecular complexity index is 1250. The zero-order chi connectivity index (χ0) is 23.4. The number of rotatable bonds is 2. The van der Waals surface area contributed by atoms with E-state index in [2.05, 4.69) is 113 Å². The number of aryl methyl sites for hydroxylation is 4. The van der Waals surface area contributed by atoms with Gasteiger partial charge in [-0.1, -0.05) is 96.1 Å². The van der Waals surface area contributed by atoms with Gasteiger partial charge in [-0.15, -0.1) is 0 Å². The van der Waals surface area contributed by atoms with Crippen molar-refractivity contribution >= 4 is 0 Å². The first-order valence-corrected chi connectivity index (χ1v) is 12.2. The number of hydrogen-bond donors (Lipinski definition) is 0. The first-order chi connectivity index (χ1) is 16.5. The van der Waals surface area contributed by atoms with Gasteiger partial charge in [0.15, 0.2) is 0 Å². The van der Waals surface area contributed by atoms with Gasteiger partial charge in [0.25, 0.3) is 0 Å². The number of benzene rings is 4. The molecule has 0 N–H and O–H groups in total. The van der Waals surface area contributed by atoms with Gasteiger partial charge in [-0.3, -0.25) is 0 Å². The predicted octanol–water partition coefficient (Wildman–Crippen LogP) is 8.06. The van der Waals surface area contributed by atoms with Gasteiger partial charge in [-0.2, -0.15) is 0 Å². The van der Waals surface area contributed by atoms with Crippen molar-refractivity contribution in [2.24, 2.45) is 0 Å². The van der Waals surface area contributed by atoms with Gasteiger partial charge in [0.05, 0.1) is 0 Å². The van der Waals surface area contributed by atoms with E-state index in [1.807, 2.05) is 0 Å². The lowest BCUT2D eigenvalue weighted by Gasteiger charge is -2.48. The summed E-state index contributed by atoms with van der Waals surface area (Å²) in [5.74, 6) is 2.31. The minimum absolute atomic E-state index is 0.0878. The van der Waals surface area contributed by atoms with Crippen molar-refractivity contribution in [1.82, 2.24) is 0 Å². The lowest BCUT2D eigenvalue weighted by Crippen LogP contribution is -2.37. The Labute approximate surface area is 202 Å². The molecular formula is C32H30O2. The van der Waals surface area contributed by atoms with Crippen LogP contribution < -0.4 is 9.47 Å². The monoisotopic (exact) mass is 446 g/mol. The molecule has 4 atom stereocenters. The highest BCUT2D eigenvalue weighted by atomic mass is 16.5. The first kappa shape index (κ1) is 21.0. The normalized spacial score (nSPS) is 22.6. The summed E-state index contributed by atoms with van der Waals surface area (Å²) in [4.78, 5) is 0. The molecule has 6 rings (SSSR count). The van der Waals surface area contributed by atoms with Gasteiger partial charge in [0.1, 0.15) is 23.7 Å². The second kappa shape index (κ2) is 8.06. The Balaban J connectivity index is 1.67. The van der Waals surface area contributed by atoms with Gasteiger partial charge in [-0.25, -0.2) is 0 Å². The molecule has 2 aliphatic heterocycles. The third-order valence-corrected chi connectivity index (χ3v) is 7.40. The van der Waals surface area contributed by atoms with E-state index >= 15 is 0 Å². The van der Waals surface area contributed by atoms with E-state index in [1.165, 1.54) is 44.5 Å². The molecule has 34 heavy (non-hydrogen) atoms. The molecular weight excluding hydrogens is 416 g/mol. The average Bonchev–Trinajstić information content (AvgIpc) is 2.84. The van der Waals surface area contributed by atoms with Crippen LogP contribution in [0.5, 0.6) is 11.5 Å². The smallest absolute Gasteiger partial charge is 0.131 e. The summed E-state index contributed by atoms with van der Waals surface area (Å²) in [5, 5.41) is 0. The number of fused-ring (bicyclic) bond motifs is 5. The fourth-order valence-corrected chi connectivity index (χ4v) is 6.12. The Kier molecular flexibility index (Phi) is 4.99. The van der Waals surface area contributed by atoms with E-state index in [1.54, 1.807) is 0 Å². The summed E-state index contributed by atoms with van der Waals surface area (Å²) in [5.41, 5.74) is 9.83. The molecule has 0 spiro atoms. The van der Waals surface area contributed by atoms with Crippen molar-refractivity contribution in [3.63, 3.8) is 0 Å². The van der Waals surface area contributed by atoms with Gasteiger partial charge in [0, 0.05) is 23.0 Å². The molecule has 4 aromatic rings. The van der Waals surface area contributed by atoms with E-state index in [9.17, 15) is 0 Å². The summed E-state index contributed by atoms with van der Waals surface area (Å²) in [6.07, 6.45) is -0.176. The lowest BCUT2D eigenvalue weighted by atomic mass is 9.67. The van der Waals surface area contributed by atoms with Crippen LogP contribution in [0.2, 0.25) is 0 Å². The van der Waals surface area contributed by atoms with Gasteiger partial charge >= 0.3 is 0 Å². The van der Waals surface area contributed by atoms with Gasteiger partial charge < -0.3 is 9.47 Å². The van der Waals surface area contributed by atoms with Crippen molar-refractivity contribution < 1.29 is 9.47 Å². The molecule has 4 unspecified atom stereocenters. The zero-order valence-electron chi connectivity index (χ0n) is 20.2.